The van der Waals surface area contributed by atoms with E-state index < -0.39 is 12.2 Å². The summed E-state index contributed by atoms with van der Waals surface area (Å²) in [6.45, 7) is 2.54. The summed E-state index contributed by atoms with van der Waals surface area (Å²) in [5, 5.41) is 16.1. The van der Waals surface area contributed by atoms with Gasteiger partial charge in [0.05, 0.1) is 19.3 Å². The lowest BCUT2D eigenvalue weighted by Crippen LogP contribution is -2.41. The molecule has 0 aliphatic carbocycles. The van der Waals surface area contributed by atoms with Crippen LogP contribution in [0.3, 0.4) is 0 Å². The summed E-state index contributed by atoms with van der Waals surface area (Å²) in [4.78, 5) is 34.0. The third kappa shape index (κ3) is 4.01. The van der Waals surface area contributed by atoms with Crippen LogP contribution in [0.5, 0.6) is 0 Å². The summed E-state index contributed by atoms with van der Waals surface area (Å²) in [7, 11) is 0. The highest BCUT2D eigenvalue weighted by Crippen LogP contribution is 2.27. The normalized spacial score (nSPS) is 16.2. The average molecular weight is 448 g/mol. The minimum absolute atomic E-state index is 0.117. The number of carbonyl (C=O) groups is 2. The van der Waals surface area contributed by atoms with Gasteiger partial charge >= 0.3 is 6.09 Å². The van der Waals surface area contributed by atoms with Gasteiger partial charge in [0.15, 0.2) is 6.10 Å². The van der Waals surface area contributed by atoms with Crippen molar-refractivity contribution in [3.8, 4) is 11.4 Å². The Labute approximate surface area is 187 Å². The van der Waals surface area contributed by atoms with Crippen LogP contribution in [-0.2, 0) is 4.74 Å². The number of carboxylic acid groups (broad SMARTS) is 1. The fraction of sp³-hybridized carbons (Fsp3) is 0.227. The summed E-state index contributed by atoms with van der Waals surface area (Å²) in [6.07, 6.45) is 1.66. The van der Waals surface area contributed by atoms with E-state index in [4.69, 9.17) is 9.26 Å². The fourth-order valence-corrected chi connectivity index (χ4v) is 3.64. The summed E-state index contributed by atoms with van der Waals surface area (Å²) in [5.74, 6) is 0.214. The Morgan fingerprint density at radius 1 is 1.24 bits per heavy atom. The van der Waals surface area contributed by atoms with Crippen LogP contribution in [-0.4, -0.2) is 61.2 Å². The Balaban J connectivity index is 1.37. The van der Waals surface area contributed by atoms with Crippen LogP contribution in [0, 0.1) is 6.92 Å². The number of imidazole rings is 1. The first-order valence-corrected chi connectivity index (χ1v) is 10.3. The number of aryl methyl sites for hydroxylation is 1. The lowest BCUT2D eigenvalue weighted by atomic mass is 10.1. The molecule has 1 aromatic carbocycles. The van der Waals surface area contributed by atoms with Crippen molar-refractivity contribution in [2.24, 2.45) is 0 Å². The second kappa shape index (κ2) is 8.36. The van der Waals surface area contributed by atoms with Gasteiger partial charge in [0.2, 0.25) is 5.82 Å². The van der Waals surface area contributed by atoms with E-state index in [1.54, 1.807) is 16.7 Å². The first-order chi connectivity index (χ1) is 16.0. The highest BCUT2D eigenvalue weighted by Gasteiger charge is 2.29. The number of rotatable bonds is 4. The smallest absolute Gasteiger partial charge is 0.407 e. The number of fused-ring (bicyclic) bond motifs is 1. The lowest BCUT2D eigenvalue weighted by molar-refractivity contribution is -0.0377. The van der Waals surface area contributed by atoms with Crippen molar-refractivity contribution < 1.29 is 24.0 Å². The van der Waals surface area contributed by atoms with E-state index >= 15 is 0 Å². The van der Waals surface area contributed by atoms with E-state index in [0.717, 1.165) is 5.56 Å². The molecule has 4 heterocycles. The van der Waals surface area contributed by atoms with E-state index in [0.29, 0.717) is 35.0 Å². The topological polar surface area (TPSA) is 135 Å². The molecule has 168 valence electrons. The zero-order valence-electron chi connectivity index (χ0n) is 17.6. The molecule has 0 bridgehead atoms. The Hall–Kier alpha value is -4.25. The van der Waals surface area contributed by atoms with Crippen molar-refractivity contribution in [2.45, 2.75) is 13.0 Å². The number of ether oxygens (including phenoxy) is 1. The van der Waals surface area contributed by atoms with Crippen LogP contribution in [0.25, 0.3) is 17.0 Å². The van der Waals surface area contributed by atoms with Gasteiger partial charge in [0.25, 0.3) is 11.8 Å². The summed E-state index contributed by atoms with van der Waals surface area (Å²) in [6, 6.07) is 10.9. The molecule has 4 aromatic rings. The third-order valence-electron chi connectivity index (χ3n) is 5.45. The maximum atomic E-state index is 12.9. The van der Waals surface area contributed by atoms with Crippen molar-refractivity contribution in [3.05, 3.63) is 65.9 Å². The summed E-state index contributed by atoms with van der Waals surface area (Å²) < 4.78 is 12.7. The number of nitrogens with zero attached hydrogens (tertiary/aromatic N) is 5. The molecule has 1 atom stereocenters. The number of carbonyl (C=O) groups excluding carboxylic acids is 1. The molecule has 11 nitrogen and oxygen atoms in total. The summed E-state index contributed by atoms with van der Waals surface area (Å²) >= 11 is 0. The number of amides is 2. The molecule has 3 aromatic heterocycles. The predicted molar refractivity (Wildman–Crippen MR) is 116 cm³/mol. The van der Waals surface area contributed by atoms with E-state index in [2.05, 4.69) is 20.4 Å². The van der Waals surface area contributed by atoms with Gasteiger partial charge in [-0.25, -0.2) is 9.78 Å². The van der Waals surface area contributed by atoms with Crippen molar-refractivity contribution >= 4 is 23.3 Å². The first kappa shape index (κ1) is 20.6. The second-order valence-corrected chi connectivity index (χ2v) is 7.60. The number of hydrogen-bond acceptors (Lipinski definition) is 7. The first-order valence-electron chi connectivity index (χ1n) is 10.3. The van der Waals surface area contributed by atoms with Crippen LogP contribution < -0.4 is 5.32 Å². The van der Waals surface area contributed by atoms with Crippen molar-refractivity contribution in [1.82, 2.24) is 24.4 Å². The molecule has 33 heavy (non-hydrogen) atoms. The van der Waals surface area contributed by atoms with E-state index in [1.807, 2.05) is 37.3 Å². The van der Waals surface area contributed by atoms with Crippen molar-refractivity contribution in [1.29, 1.82) is 0 Å². The van der Waals surface area contributed by atoms with Crippen LogP contribution in [0.15, 0.2) is 53.3 Å². The minimum Gasteiger partial charge on any atom is -0.465 e. The number of nitrogens with one attached hydrogen (secondary N) is 1. The van der Waals surface area contributed by atoms with Crippen LogP contribution in [0.1, 0.15) is 28.0 Å². The number of pyridine rings is 1. The van der Waals surface area contributed by atoms with Gasteiger partial charge in [-0.1, -0.05) is 23.4 Å². The fourth-order valence-electron chi connectivity index (χ4n) is 3.64. The second-order valence-electron chi connectivity index (χ2n) is 7.60. The molecule has 1 aliphatic rings. The third-order valence-corrected chi connectivity index (χ3v) is 5.45. The van der Waals surface area contributed by atoms with Gasteiger partial charge in [-0.15, -0.1) is 0 Å². The Morgan fingerprint density at radius 3 is 2.97 bits per heavy atom. The maximum Gasteiger partial charge on any atom is 0.407 e. The van der Waals surface area contributed by atoms with Crippen LogP contribution >= 0.6 is 0 Å². The highest BCUT2D eigenvalue weighted by molar-refractivity contribution is 6.04. The molecule has 1 fully saturated rings. The Morgan fingerprint density at radius 2 is 2.12 bits per heavy atom. The number of aromatic nitrogens is 4. The molecule has 2 amide bonds. The highest BCUT2D eigenvalue weighted by atomic mass is 16.5. The van der Waals surface area contributed by atoms with E-state index in [-0.39, 0.29) is 24.9 Å². The monoisotopic (exact) mass is 448 g/mol. The van der Waals surface area contributed by atoms with Gasteiger partial charge in [-0.2, -0.15) is 4.98 Å². The van der Waals surface area contributed by atoms with E-state index in [1.165, 1.54) is 11.1 Å². The van der Waals surface area contributed by atoms with Gasteiger partial charge in [-0.3, -0.25) is 9.20 Å². The molecular formula is C22H20N6O5. The molecular weight excluding hydrogens is 428 g/mol. The number of hydrogen-bond donors (Lipinski definition) is 2. The number of anilines is 1. The zero-order chi connectivity index (χ0) is 22.9. The molecule has 0 saturated carbocycles. The van der Waals surface area contributed by atoms with Gasteiger partial charge in [-0.05, 0) is 30.7 Å². The molecule has 1 aliphatic heterocycles. The van der Waals surface area contributed by atoms with Gasteiger partial charge in [0, 0.05) is 24.0 Å². The molecule has 5 rings (SSSR count). The summed E-state index contributed by atoms with van der Waals surface area (Å²) in [5.41, 5.74) is 3.18. The van der Waals surface area contributed by atoms with Gasteiger partial charge in [0.1, 0.15) is 11.3 Å². The Kier molecular flexibility index (Phi) is 5.23. The van der Waals surface area contributed by atoms with Crippen LogP contribution in [0.2, 0.25) is 0 Å². The maximum absolute atomic E-state index is 12.9. The molecule has 1 saturated heterocycles. The largest absolute Gasteiger partial charge is 0.465 e. The lowest BCUT2D eigenvalue weighted by Gasteiger charge is -2.28. The molecule has 0 spiro atoms. The standard InChI is InChI=1S/C22H20N6O5/c1-13-5-6-14(19-25-21(33-26-19)17-12-27(22(30)31)8-9-32-17)10-15(13)24-20(29)16-11-23-18-4-2-3-7-28(16)18/h2-7,10-11,17H,8-9,12H2,1H3,(H,24,29)(H,30,31)/t17-/m1/s1. The SMILES string of the molecule is Cc1ccc(-c2noc([C@H]3CN(C(=O)O)CCO3)n2)cc1NC(=O)c1cnc2ccccn12. The van der Waals surface area contributed by atoms with Gasteiger partial charge < -0.3 is 24.6 Å². The van der Waals surface area contributed by atoms with Crippen molar-refractivity contribution in [3.63, 3.8) is 0 Å². The number of benzene rings is 1. The average Bonchev–Trinajstić information content (AvgIpc) is 3.48. The zero-order valence-corrected chi connectivity index (χ0v) is 17.6. The van der Waals surface area contributed by atoms with E-state index in [9.17, 15) is 14.7 Å². The number of morpholine rings is 1. The molecule has 0 unspecified atom stereocenters. The predicted octanol–water partition coefficient (Wildman–Crippen LogP) is 3.00. The minimum atomic E-state index is -1.02. The Bertz CT molecular complexity index is 1350. The van der Waals surface area contributed by atoms with Crippen molar-refractivity contribution in [2.75, 3.05) is 25.0 Å². The molecule has 2 N–H and O–H groups in total. The molecule has 0 radical (unpaired) electrons. The quantitative estimate of drug-likeness (QED) is 0.486. The molecule has 11 heteroatoms. The van der Waals surface area contributed by atoms with Crippen LogP contribution in [0.4, 0.5) is 10.5 Å².